The molecule has 0 radical (unpaired) electrons. The van der Waals surface area contributed by atoms with E-state index >= 15 is 0 Å². The average molecular weight is 421 g/mol. The molecule has 0 saturated carbocycles. The predicted molar refractivity (Wildman–Crippen MR) is 116 cm³/mol. The summed E-state index contributed by atoms with van der Waals surface area (Å²) in [6, 6.07) is 16.5. The van der Waals surface area contributed by atoms with Gasteiger partial charge in [0.2, 0.25) is 5.91 Å². The van der Waals surface area contributed by atoms with Gasteiger partial charge in [-0.1, -0.05) is 30.0 Å². The maximum Gasteiger partial charge on any atom is 0.234 e. The van der Waals surface area contributed by atoms with Gasteiger partial charge in [-0.15, -0.1) is 0 Å². The number of para-hydroxylation sites is 1. The van der Waals surface area contributed by atoms with Crippen LogP contribution in [-0.2, 0) is 4.79 Å². The van der Waals surface area contributed by atoms with Crippen molar-refractivity contribution in [1.82, 2.24) is 9.97 Å². The highest BCUT2D eigenvalue weighted by Crippen LogP contribution is 2.31. The summed E-state index contributed by atoms with van der Waals surface area (Å²) in [4.78, 5) is 21.8. The first kappa shape index (κ1) is 19.8. The average Bonchev–Trinajstić information content (AvgIpc) is 3.32. The Morgan fingerprint density at radius 1 is 1.07 bits per heavy atom. The number of amides is 1. The van der Waals surface area contributed by atoms with Gasteiger partial charge in [0.15, 0.2) is 11.6 Å². The Kier molecular flexibility index (Phi) is 5.85. The maximum absolute atomic E-state index is 12.6. The number of nitrogens with zero attached hydrogens (tertiary/aromatic N) is 2. The number of fused-ring (bicyclic) bond motifs is 1. The number of furan rings is 1. The lowest BCUT2D eigenvalue weighted by atomic mass is 10.2. The van der Waals surface area contributed by atoms with Gasteiger partial charge < -0.3 is 19.2 Å². The Morgan fingerprint density at radius 3 is 2.70 bits per heavy atom. The molecule has 4 rings (SSSR count). The van der Waals surface area contributed by atoms with Gasteiger partial charge in [0.1, 0.15) is 16.5 Å². The molecule has 152 valence electrons. The summed E-state index contributed by atoms with van der Waals surface area (Å²) in [5.74, 6) is 2.22. The largest absolute Gasteiger partial charge is 0.497 e. The zero-order chi connectivity index (χ0) is 20.9. The first-order valence-corrected chi connectivity index (χ1v) is 10.1. The molecule has 7 nitrogen and oxygen atoms in total. The summed E-state index contributed by atoms with van der Waals surface area (Å²) in [7, 11) is 3.12. The molecule has 1 amide bonds. The normalized spacial score (nSPS) is 10.7. The molecule has 0 unspecified atom stereocenters. The first-order chi connectivity index (χ1) is 14.7. The lowest BCUT2D eigenvalue weighted by Gasteiger charge is -2.12. The van der Waals surface area contributed by atoms with Crippen molar-refractivity contribution < 1.29 is 18.7 Å². The molecular formula is C22H19N3O4S. The number of anilines is 1. The zero-order valence-corrected chi connectivity index (χ0v) is 17.2. The zero-order valence-electron chi connectivity index (χ0n) is 16.4. The topological polar surface area (TPSA) is 86.5 Å². The number of benzene rings is 2. The maximum atomic E-state index is 12.6. The molecule has 0 fully saturated rings. The van der Waals surface area contributed by atoms with Gasteiger partial charge in [-0.3, -0.25) is 4.79 Å². The second-order valence-electron chi connectivity index (χ2n) is 6.25. The smallest absolute Gasteiger partial charge is 0.234 e. The fourth-order valence-electron chi connectivity index (χ4n) is 2.91. The minimum absolute atomic E-state index is 0.166. The van der Waals surface area contributed by atoms with E-state index in [1.54, 1.807) is 50.8 Å². The Balaban J connectivity index is 1.56. The van der Waals surface area contributed by atoms with Crippen molar-refractivity contribution >= 4 is 34.3 Å². The molecule has 0 aliphatic rings. The standard InChI is InChI=1S/C22H19N3O4S/c1-27-14-9-10-18(28-2)17(12-14)23-20(26)13-30-22-15-6-3-4-7-16(15)24-21(25-22)19-8-5-11-29-19/h3-12H,13H2,1-2H3,(H,23,26). The predicted octanol–water partition coefficient (Wildman–Crippen LogP) is 4.64. The molecule has 8 heteroatoms. The van der Waals surface area contributed by atoms with Crippen LogP contribution in [0.2, 0.25) is 0 Å². The molecule has 4 aromatic rings. The highest BCUT2D eigenvalue weighted by molar-refractivity contribution is 8.00. The molecule has 0 saturated heterocycles. The van der Waals surface area contributed by atoms with Crippen LogP contribution in [0.25, 0.3) is 22.5 Å². The van der Waals surface area contributed by atoms with Crippen molar-refractivity contribution in [2.24, 2.45) is 0 Å². The van der Waals surface area contributed by atoms with E-state index in [9.17, 15) is 4.79 Å². The van der Waals surface area contributed by atoms with Crippen LogP contribution >= 0.6 is 11.8 Å². The molecule has 1 N–H and O–H groups in total. The third-order valence-corrected chi connectivity index (χ3v) is 5.32. The second-order valence-corrected chi connectivity index (χ2v) is 7.21. The molecule has 2 aromatic carbocycles. The summed E-state index contributed by atoms with van der Waals surface area (Å²) in [5, 5.41) is 4.46. The summed E-state index contributed by atoms with van der Waals surface area (Å²) in [6.45, 7) is 0. The van der Waals surface area contributed by atoms with E-state index in [-0.39, 0.29) is 11.7 Å². The van der Waals surface area contributed by atoms with E-state index in [4.69, 9.17) is 13.9 Å². The van der Waals surface area contributed by atoms with Gasteiger partial charge in [0, 0.05) is 11.5 Å². The Bertz CT molecular complexity index is 1180. The SMILES string of the molecule is COc1ccc(OC)c(NC(=O)CSc2nc(-c3ccco3)nc3ccccc23)c1. The molecule has 2 aromatic heterocycles. The minimum Gasteiger partial charge on any atom is -0.497 e. The molecule has 0 aliphatic heterocycles. The van der Waals surface area contributed by atoms with E-state index in [2.05, 4.69) is 15.3 Å². The van der Waals surface area contributed by atoms with Crippen LogP contribution in [0.4, 0.5) is 5.69 Å². The van der Waals surface area contributed by atoms with Crippen LogP contribution in [0.15, 0.2) is 70.3 Å². The second kappa shape index (κ2) is 8.87. The van der Waals surface area contributed by atoms with Crippen molar-refractivity contribution in [3.8, 4) is 23.1 Å². The van der Waals surface area contributed by atoms with Gasteiger partial charge in [0.25, 0.3) is 0 Å². The summed E-state index contributed by atoms with van der Waals surface area (Å²) in [6.07, 6.45) is 1.58. The number of carbonyl (C=O) groups is 1. The van der Waals surface area contributed by atoms with Crippen molar-refractivity contribution in [3.05, 3.63) is 60.9 Å². The van der Waals surface area contributed by atoms with Crippen molar-refractivity contribution in [3.63, 3.8) is 0 Å². The summed E-state index contributed by atoms with van der Waals surface area (Å²) in [5.41, 5.74) is 1.34. The Hall–Kier alpha value is -3.52. The van der Waals surface area contributed by atoms with Crippen LogP contribution in [0.5, 0.6) is 11.5 Å². The molecule has 2 heterocycles. The third kappa shape index (κ3) is 4.23. The van der Waals surface area contributed by atoms with Crippen molar-refractivity contribution in [2.45, 2.75) is 5.03 Å². The molecule has 0 atom stereocenters. The lowest BCUT2D eigenvalue weighted by Crippen LogP contribution is -2.15. The van der Waals surface area contributed by atoms with Crippen LogP contribution in [0.3, 0.4) is 0 Å². The summed E-state index contributed by atoms with van der Waals surface area (Å²) >= 11 is 1.34. The van der Waals surface area contributed by atoms with Gasteiger partial charge in [-0.2, -0.15) is 0 Å². The van der Waals surface area contributed by atoms with Gasteiger partial charge in [0.05, 0.1) is 37.4 Å². The number of thioether (sulfide) groups is 1. The number of rotatable bonds is 7. The van der Waals surface area contributed by atoms with Gasteiger partial charge in [-0.05, 0) is 30.3 Å². The van der Waals surface area contributed by atoms with Crippen LogP contribution in [0, 0.1) is 0 Å². The minimum atomic E-state index is -0.186. The van der Waals surface area contributed by atoms with Gasteiger partial charge >= 0.3 is 0 Å². The van der Waals surface area contributed by atoms with E-state index in [1.807, 2.05) is 24.3 Å². The number of aromatic nitrogens is 2. The van der Waals surface area contributed by atoms with E-state index in [0.29, 0.717) is 33.8 Å². The quantitative estimate of drug-likeness (QED) is 0.344. The highest BCUT2D eigenvalue weighted by Gasteiger charge is 2.14. The summed E-state index contributed by atoms with van der Waals surface area (Å²) < 4.78 is 16.0. The first-order valence-electron chi connectivity index (χ1n) is 9.13. The Morgan fingerprint density at radius 2 is 1.93 bits per heavy atom. The van der Waals surface area contributed by atoms with E-state index in [0.717, 1.165) is 10.9 Å². The Labute approximate surface area is 177 Å². The molecule has 30 heavy (non-hydrogen) atoms. The van der Waals surface area contributed by atoms with E-state index in [1.165, 1.54) is 11.8 Å². The highest BCUT2D eigenvalue weighted by atomic mass is 32.2. The van der Waals surface area contributed by atoms with Crippen molar-refractivity contribution in [2.75, 3.05) is 25.3 Å². The molecule has 0 bridgehead atoms. The number of nitrogens with one attached hydrogen (secondary N) is 1. The van der Waals surface area contributed by atoms with Crippen molar-refractivity contribution in [1.29, 1.82) is 0 Å². The number of methoxy groups -OCH3 is 2. The van der Waals surface area contributed by atoms with Gasteiger partial charge in [-0.25, -0.2) is 9.97 Å². The van der Waals surface area contributed by atoms with Crippen LogP contribution in [0.1, 0.15) is 0 Å². The molecule has 0 spiro atoms. The number of carbonyl (C=O) groups excluding carboxylic acids is 1. The van der Waals surface area contributed by atoms with Crippen LogP contribution < -0.4 is 14.8 Å². The number of hydrogen-bond donors (Lipinski definition) is 1. The fraction of sp³-hybridized carbons (Fsp3) is 0.136. The number of ether oxygens (including phenoxy) is 2. The lowest BCUT2D eigenvalue weighted by molar-refractivity contribution is -0.113. The molecular weight excluding hydrogens is 402 g/mol. The third-order valence-electron chi connectivity index (χ3n) is 4.33. The monoisotopic (exact) mass is 421 g/mol. The number of hydrogen-bond acceptors (Lipinski definition) is 7. The fourth-order valence-corrected chi connectivity index (χ4v) is 3.72. The van der Waals surface area contributed by atoms with Crippen LogP contribution in [-0.4, -0.2) is 35.8 Å². The molecule has 0 aliphatic carbocycles. The van der Waals surface area contributed by atoms with E-state index < -0.39 is 0 Å².